The fourth-order valence-electron chi connectivity index (χ4n) is 3.29. The maximum absolute atomic E-state index is 13.4. The van der Waals surface area contributed by atoms with Crippen LogP contribution in [0.25, 0.3) is 11.0 Å². The second kappa shape index (κ2) is 7.69. The van der Waals surface area contributed by atoms with Gasteiger partial charge in [-0.25, -0.2) is 4.79 Å². The Morgan fingerprint density at radius 3 is 2.63 bits per heavy atom. The number of hydrogen-bond acceptors (Lipinski definition) is 5. The van der Waals surface area contributed by atoms with Crippen molar-refractivity contribution in [2.24, 2.45) is 0 Å². The standard InChI is InChI=1S/C18H20F3N3O3/c1-11-12-4-2-3-5-13(12)27-17(26)15(11)16(25)23-10-14(18(19,20)21)24-8-6-22-7-9-24/h2-5,14,22H,6-10H2,1H3,(H,23,25). The Hall–Kier alpha value is -2.39. The van der Waals surface area contributed by atoms with Gasteiger partial charge in [0.1, 0.15) is 17.2 Å². The molecule has 1 aromatic carbocycles. The summed E-state index contributed by atoms with van der Waals surface area (Å²) in [7, 11) is 0. The summed E-state index contributed by atoms with van der Waals surface area (Å²) in [6, 6.07) is 4.88. The number of alkyl halides is 3. The highest BCUT2D eigenvalue weighted by Crippen LogP contribution is 2.25. The number of nitrogens with zero attached hydrogens (tertiary/aromatic N) is 1. The minimum absolute atomic E-state index is 0.233. The van der Waals surface area contributed by atoms with Gasteiger partial charge in [0.25, 0.3) is 5.91 Å². The number of fused-ring (bicyclic) bond motifs is 1. The number of para-hydroxylation sites is 1. The third-order valence-electron chi connectivity index (χ3n) is 4.73. The highest BCUT2D eigenvalue weighted by atomic mass is 19.4. The molecular weight excluding hydrogens is 363 g/mol. The van der Waals surface area contributed by atoms with Crippen LogP contribution in [0.4, 0.5) is 13.2 Å². The number of piperazine rings is 1. The average Bonchev–Trinajstić information content (AvgIpc) is 2.61. The molecule has 2 heterocycles. The van der Waals surface area contributed by atoms with Gasteiger partial charge < -0.3 is 15.1 Å². The molecule has 9 heteroatoms. The first-order valence-electron chi connectivity index (χ1n) is 8.61. The molecule has 1 fully saturated rings. The summed E-state index contributed by atoms with van der Waals surface area (Å²) in [5.74, 6) is -0.864. The van der Waals surface area contributed by atoms with Gasteiger partial charge in [0.2, 0.25) is 0 Å². The first-order chi connectivity index (χ1) is 12.8. The Labute approximate surface area is 153 Å². The lowest BCUT2D eigenvalue weighted by Gasteiger charge is -2.35. The molecule has 1 unspecified atom stereocenters. The van der Waals surface area contributed by atoms with E-state index in [0.717, 1.165) is 0 Å². The summed E-state index contributed by atoms with van der Waals surface area (Å²) < 4.78 is 45.4. The molecule has 0 radical (unpaired) electrons. The molecule has 2 N–H and O–H groups in total. The lowest BCUT2D eigenvalue weighted by molar-refractivity contribution is -0.183. The molecule has 6 nitrogen and oxygen atoms in total. The van der Waals surface area contributed by atoms with Gasteiger partial charge in [-0.1, -0.05) is 18.2 Å². The Kier molecular flexibility index (Phi) is 5.52. The van der Waals surface area contributed by atoms with E-state index in [1.165, 1.54) is 4.90 Å². The van der Waals surface area contributed by atoms with Gasteiger partial charge >= 0.3 is 11.8 Å². The van der Waals surface area contributed by atoms with Crippen molar-refractivity contribution < 1.29 is 22.4 Å². The van der Waals surface area contributed by atoms with E-state index in [-0.39, 0.29) is 18.7 Å². The molecule has 146 valence electrons. The van der Waals surface area contributed by atoms with Gasteiger partial charge in [-0.2, -0.15) is 13.2 Å². The molecule has 0 saturated carbocycles. The highest BCUT2D eigenvalue weighted by molar-refractivity contribution is 5.99. The molecule has 27 heavy (non-hydrogen) atoms. The van der Waals surface area contributed by atoms with Gasteiger partial charge in [0.05, 0.1) is 0 Å². The van der Waals surface area contributed by atoms with Crippen LogP contribution in [0.1, 0.15) is 15.9 Å². The number of carbonyl (C=O) groups excluding carboxylic acids is 1. The van der Waals surface area contributed by atoms with Crippen molar-refractivity contribution in [2.75, 3.05) is 32.7 Å². The van der Waals surface area contributed by atoms with Crippen molar-refractivity contribution in [3.8, 4) is 0 Å². The molecule has 2 aromatic rings. The third kappa shape index (κ3) is 4.14. The van der Waals surface area contributed by atoms with E-state index in [4.69, 9.17) is 4.42 Å². The normalized spacial score (nSPS) is 17.0. The summed E-state index contributed by atoms with van der Waals surface area (Å²) >= 11 is 0. The first-order valence-corrected chi connectivity index (χ1v) is 8.61. The second-order valence-corrected chi connectivity index (χ2v) is 6.44. The van der Waals surface area contributed by atoms with E-state index < -0.39 is 30.3 Å². The van der Waals surface area contributed by atoms with Crippen LogP contribution in [0.15, 0.2) is 33.5 Å². The quantitative estimate of drug-likeness (QED) is 0.786. The number of hydrogen-bond donors (Lipinski definition) is 2. The lowest BCUT2D eigenvalue weighted by atomic mass is 10.1. The van der Waals surface area contributed by atoms with E-state index in [9.17, 15) is 22.8 Å². The summed E-state index contributed by atoms with van der Waals surface area (Å²) in [4.78, 5) is 25.9. The smallest absolute Gasteiger partial charge is 0.405 e. The maximum atomic E-state index is 13.4. The largest absolute Gasteiger partial charge is 0.422 e. The Morgan fingerprint density at radius 2 is 1.96 bits per heavy atom. The summed E-state index contributed by atoms with van der Waals surface area (Å²) in [5, 5.41) is 5.83. The van der Waals surface area contributed by atoms with Crippen LogP contribution in [0.5, 0.6) is 0 Å². The first kappa shape index (κ1) is 19.4. The van der Waals surface area contributed by atoms with Crippen molar-refractivity contribution in [1.29, 1.82) is 0 Å². The molecule has 0 spiro atoms. The second-order valence-electron chi connectivity index (χ2n) is 6.44. The Bertz CT molecular complexity index is 889. The molecule has 1 amide bonds. The fraction of sp³-hybridized carbons (Fsp3) is 0.444. The van der Waals surface area contributed by atoms with E-state index in [1.807, 2.05) is 0 Å². The summed E-state index contributed by atoms with van der Waals surface area (Å²) in [6.07, 6.45) is -4.49. The van der Waals surface area contributed by atoms with E-state index >= 15 is 0 Å². The van der Waals surface area contributed by atoms with Crippen molar-refractivity contribution in [3.05, 3.63) is 45.8 Å². The number of benzene rings is 1. The predicted octanol–water partition coefficient (Wildman–Crippen LogP) is 1.67. The predicted molar refractivity (Wildman–Crippen MR) is 93.8 cm³/mol. The number of carbonyl (C=O) groups is 1. The minimum Gasteiger partial charge on any atom is -0.422 e. The van der Waals surface area contributed by atoms with Crippen LogP contribution < -0.4 is 16.3 Å². The number of rotatable bonds is 4. The van der Waals surface area contributed by atoms with Gasteiger partial charge in [0, 0.05) is 38.1 Å². The zero-order chi connectivity index (χ0) is 19.6. The average molecular weight is 383 g/mol. The monoisotopic (exact) mass is 383 g/mol. The highest BCUT2D eigenvalue weighted by Gasteiger charge is 2.44. The van der Waals surface area contributed by atoms with Crippen molar-refractivity contribution in [1.82, 2.24) is 15.5 Å². The molecule has 1 atom stereocenters. The van der Waals surface area contributed by atoms with Crippen LogP contribution in [0, 0.1) is 6.92 Å². The van der Waals surface area contributed by atoms with E-state index in [0.29, 0.717) is 29.6 Å². The van der Waals surface area contributed by atoms with Gasteiger partial charge in [-0.3, -0.25) is 9.69 Å². The van der Waals surface area contributed by atoms with Gasteiger partial charge in [-0.05, 0) is 18.6 Å². The zero-order valence-corrected chi connectivity index (χ0v) is 14.7. The molecule has 0 bridgehead atoms. The van der Waals surface area contributed by atoms with Crippen LogP contribution in [0.2, 0.25) is 0 Å². The van der Waals surface area contributed by atoms with Crippen molar-refractivity contribution in [2.45, 2.75) is 19.1 Å². The van der Waals surface area contributed by atoms with Crippen LogP contribution in [0.3, 0.4) is 0 Å². The molecule has 1 saturated heterocycles. The fourth-order valence-corrected chi connectivity index (χ4v) is 3.29. The number of amides is 1. The van der Waals surface area contributed by atoms with E-state index in [1.54, 1.807) is 31.2 Å². The maximum Gasteiger partial charge on any atom is 0.405 e. The summed E-state index contributed by atoms with van der Waals surface area (Å²) in [6.45, 7) is 2.32. The zero-order valence-electron chi connectivity index (χ0n) is 14.7. The van der Waals surface area contributed by atoms with Crippen LogP contribution in [-0.2, 0) is 0 Å². The van der Waals surface area contributed by atoms with Crippen LogP contribution >= 0.6 is 0 Å². The molecule has 3 rings (SSSR count). The number of nitrogens with one attached hydrogen (secondary N) is 2. The SMILES string of the molecule is Cc1c(C(=O)NCC(N2CCNCC2)C(F)(F)F)c(=O)oc2ccccc12. The van der Waals surface area contributed by atoms with Crippen molar-refractivity contribution >= 4 is 16.9 Å². The molecular formula is C18H20F3N3O3. The third-order valence-corrected chi connectivity index (χ3v) is 4.73. The van der Waals surface area contributed by atoms with Crippen LogP contribution in [-0.4, -0.2) is 55.7 Å². The number of halogens is 3. The van der Waals surface area contributed by atoms with Gasteiger partial charge in [-0.15, -0.1) is 0 Å². The molecule has 1 aliphatic heterocycles. The minimum atomic E-state index is -4.49. The molecule has 0 aliphatic carbocycles. The Morgan fingerprint density at radius 1 is 1.30 bits per heavy atom. The lowest BCUT2D eigenvalue weighted by Crippen LogP contribution is -2.57. The van der Waals surface area contributed by atoms with E-state index in [2.05, 4.69) is 10.6 Å². The Balaban J connectivity index is 1.82. The molecule has 1 aliphatic rings. The number of aryl methyl sites for hydroxylation is 1. The molecule has 1 aromatic heterocycles. The topological polar surface area (TPSA) is 74.6 Å². The van der Waals surface area contributed by atoms with Gasteiger partial charge in [0.15, 0.2) is 0 Å². The summed E-state index contributed by atoms with van der Waals surface area (Å²) in [5.41, 5.74) is -0.431. The van der Waals surface area contributed by atoms with Crippen molar-refractivity contribution in [3.63, 3.8) is 0 Å².